The first-order valence-electron chi connectivity index (χ1n) is 3.93. The number of hydrogen-bond acceptors (Lipinski definition) is 1. The van der Waals surface area contributed by atoms with Crippen LogP contribution < -0.4 is 5.32 Å². The molecule has 0 rings (SSSR count). The Balaban J connectivity index is 3.42. The van der Waals surface area contributed by atoms with Crippen molar-refractivity contribution in [2.45, 2.75) is 26.2 Å². The first-order valence-corrected chi connectivity index (χ1v) is 3.93. The summed E-state index contributed by atoms with van der Waals surface area (Å²) in [5, 5.41) is 3.14. The van der Waals surface area contributed by atoms with E-state index in [1.165, 1.54) is 12.8 Å². The highest BCUT2D eigenvalue weighted by Gasteiger charge is 2.02. The Hall–Kier alpha value is -0.480. The molecule has 1 nitrogen and oxygen atoms in total. The summed E-state index contributed by atoms with van der Waals surface area (Å²) in [4.78, 5) is 0. The molecule has 0 saturated heterocycles. The molecule has 0 bridgehead atoms. The van der Waals surface area contributed by atoms with Crippen molar-refractivity contribution in [1.29, 1.82) is 0 Å². The summed E-state index contributed by atoms with van der Waals surface area (Å²) in [6.07, 6.45) is 8.59. The second-order valence-electron chi connectivity index (χ2n) is 2.62. The van der Waals surface area contributed by atoms with Crippen LogP contribution in [0.25, 0.3) is 0 Å². The maximum atomic E-state index is 5.21. The molecule has 0 aliphatic rings. The van der Waals surface area contributed by atoms with E-state index >= 15 is 0 Å². The molecule has 0 spiro atoms. The second kappa shape index (κ2) is 6.64. The van der Waals surface area contributed by atoms with Crippen molar-refractivity contribution in [3.63, 3.8) is 0 Å². The van der Waals surface area contributed by atoms with Gasteiger partial charge < -0.3 is 5.32 Å². The van der Waals surface area contributed by atoms with Crippen LogP contribution in [0.3, 0.4) is 0 Å². The largest absolute Gasteiger partial charge is 0.319 e. The summed E-state index contributed by atoms with van der Waals surface area (Å²) in [5.74, 6) is 3.38. The molecule has 0 radical (unpaired) electrons. The summed E-state index contributed by atoms with van der Waals surface area (Å²) in [5.41, 5.74) is 0. The van der Waals surface area contributed by atoms with Crippen LogP contribution in [-0.4, -0.2) is 13.6 Å². The van der Waals surface area contributed by atoms with E-state index in [-0.39, 0.29) is 0 Å². The Labute approximate surface area is 64.2 Å². The van der Waals surface area contributed by atoms with E-state index in [9.17, 15) is 0 Å². The predicted octanol–water partition coefficient (Wildman–Crippen LogP) is 1.65. The van der Waals surface area contributed by atoms with Gasteiger partial charge in [0.05, 0.1) is 0 Å². The van der Waals surface area contributed by atoms with E-state index in [1.807, 2.05) is 7.05 Å². The molecule has 0 aromatic carbocycles. The van der Waals surface area contributed by atoms with E-state index in [2.05, 4.69) is 18.2 Å². The molecule has 0 fully saturated rings. The lowest BCUT2D eigenvalue weighted by Crippen LogP contribution is -2.18. The third kappa shape index (κ3) is 4.40. The lowest BCUT2D eigenvalue weighted by Gasteiger charge is -2.10. The van der Waals surface area contributed by atoms with Crippen LogP contribution >= 0.6 is 0 Å². The fraction of sp³-hybridized carbons (Fsp3) is 0.778. The summed E-state index contributed by atoms with van der Waals surface area (Å²) in [7, 11) is 1.97. The van der Waals surface area contributed by atoms with E-state index in [0.29, 0.717) is 5.92 Å². The van der Waals surface area contributed by atoms with Crippen molar-refractivity contribution in [3.05, 3.63) is 0 Å². The standard InChI is InChI=1S/C9H17N/c1-4-6-9(7-5-2)8-10-3/h1,9-10H,5-8H2,2-3H3. The van der Waals surface area contributed by atoms with Crippen molar-refractivity contribution < 1.29 is 0 Å². The fourth-order valence-corrected chi connectivity index (χ4v) is 1.14. The van der Waals surface area contributed by atoms with Crippen LogP contribution in [0, 0.1) is 18.3 Å². The van der Waals surface area contributed by atoms with Crippen molar-refractivity contribution >= 4 is 0 Å². The molecule has 1 N–H and O–H groups in total. The van der Waals surface area contributed by atoms with Crippen LogP contribution in [0.1, 0.15) is 26.2 Å². The maximum absolute atomic E-state index is 5.21. The van der Waals surface area contributed by atoms with Gasteiger partial charge in [-0.2, -0.15) is 0 Å². The predicted molar refractivity (Wildman–Crippen MR) is 45.8 cm³/mol. The maximum Gasteiger partial charge on any atom is 0.0126 e. The van der Waals surface area contributed by atoms with Crippen molar-refractivity contribution in [2.24, 2.45) is 5.92 Å². The zero-order valence-electron chi connectivity index (χ0n) is 6.98. The average molecular weight is 139 g/mol. The molecule has 0 aliphatic heterocycles. The fourth-order valence-electron chi connectivity index (χ4n) is 1.14. The Morgan fingerprint density at radius 1 is 1.60 bits per heavy atom. The minimum atomic E-state index is 0.681. The van der Waals surface area contributed by atoms with Crippen LogP contribution in [-0.2, 0) is 0 Å². The van der Waals surface area contributed by atoms with Gasteiger partial charge in [-0.1, -0.05) is 13.3 Å². The minimum absolute atomic E-state index is 0.681. The molecule has 0 saturated carbocycles. The van der Waals surface area contributed by atoms with Crippen molar-refractivity contribution in [2.75, 3.05) is 13.6 Å². The molecule has 10 heavy (non-hydrogen) atoms. The zero-order chi connectivity index (χ0) is 7.82. The highest BCUT2D eigenvalue weighted by Crippen LogP contribution is 2.08. The van der Waals surface area contributed by atoms with Gasteiger partial charge in [0, 0.05) is 6.42 Å². The second-order valence-corrected chi connectivity index (χ2v) is 2.62. The molecule has 0 aliphatic carbocycles. The summed E-state index contributed by atoms with van der Waals surface area (Å²) < 4.78 is 0. The molecule has 0 aromatic rings. The van der Waals surface area contributed by atoms with E-state index in [1.54, 1.807) is 0 Å². The van der Waals surface area contributed by atoms with Gasteiger partial charge in [0.15, 0.2) is 0 Å². The SMILES string of the molecule is C#CCC(CCC)CNC. The van der Waals surface area contributed by atoms with Crippen LogP contribution in [0.15, 0.2) is 0 Å². The van der Waals surface area contributed by atoms with E-state index < -0.39 is 0 Å². The topological polar surface area (TPSA) is 12.0 Å². The Bertz CT molecular complexity index is 95.8. The van der Waals surface area contributed by atoms with Crippen molar-refractivity contribution in [1.82, 2.24) is 5.32 Å². The van der Waals surface area contributed by atoms with Crippen LogP contribution in [0.5, 0.6) is 0 Å². The van der Waals surface area contributed by atoms with Crippen molar-refractivity contribution in [3.8, 4) is 12.3 Å². The first-order chi connectivity index (χ1) is 4.85. The lowest BCUT2D eigenvalue weighted by molar-refractivity contribution is 0.469. The Kier molecular flexibility index (Phi) is 6.32. The molecule has 0 aromatic heterocycles. The molecular weight excluding hydrogens is 122 g/mol. The monoisotopic (exact) mass is 139 g/mol. The Morgan fingerprint density at radius 2 is 2.30 bits per heavy atom. The summed E-state index contributed by atoms with van der Waals surface area (Å²) >= 11 is 0. The van der Waals surface area contributed by atoms with E-state index in [0.717, 1.165) is 13.0 Å². The number of nitrogens with one attached hydrogen (secondary N) is 1. The zero-order valence-corrected chi connectivity index (χ0v) is 6.98. The Morgan fingerprint density at radius 3 is 2.70 bits per heavy atom. The first kappa shape index (κ1) is 9.52. The lowest BCUT2D eigenvalue weighted by atomic mass is 10.0. The summed E-state index contributed by atoms with van der Waals surface area (Å²) in [6, 6.07) is 0. The van der Waals surface area contributed by atoms with E-state index in [4.69, 9.17) is 6.42 Å². The van der Waals surface area contributed by atoms with Crippen LogP contribution in [0.4, 0.5) is 0 Å². The number of hydrogen-bond donors (Lipinski definition) is 1. The number of rotatable bonds is 5. The van der Waals surface area contributed by atoms with Gasteiger partial charge in [-0.15, -0.1) is 12.3 Å². The normalized spacial score (nSPS) is 12.5. The van der Waals surface area contributed by atoms with Gasteiger partial charge in [0.1, 0.15) is 0 Å². The molecule has 1 atom stereocenters. The molecule has 0 amide bonds. The molecule has 1 unspecified atom stereocenters. The molecular formula is C9H17N. The third-order valence-electron chi connectivity index (χ3n) is 1.60. The third-order valence-corrected chi connectivity index (χ3v) is 1.60. The highest BCUT2D eigenvalue weighted by atomic mass is 14.8. The smallest absolute Gasteiger partial charge is 0.0126 e. The van der Waals surface area contributed by atoms with Gasteiger partial charge in [-0.25, -0.2) is 0 Å². The summed E-state index contributed by atoms with van der Waals surface area (Å²) in [6.45, 7) is 3.25. The molecule has 1 heteroatoms. The van der Waals surface area contributed by atoms with Crippen LogP contribution in [0.2, 0.25) is 0 Å². The van der Waals surface area contributed by atoms with Gasteiger partial charge in [-0.3, -0.25) is 0 Å². The number of terminal acetylenes is 1. The molecule has 0 heterocycles. The highest BCUT2D eigenvalue weighted by molar-refractivity contribution is 4.87. The molecule has 58 valence electrons. The quantitative estimate of drug-likeness (QED) is 0.571. The van der Waals surface area contributed by atoms with Gasteiger partial charge in [0.25, 0.3) is 0 Å². The minimum Gasteiger partial charge on any atom is -0.319 e. The average Bonchev–Trinajstić information content (AvgIpc) is 1.90. The van der Waals surface area contributed by atoms with Gasteiger partial charge in [0.2, 0.25) is 0 Å². The van der Waals surface area contributed by atoms with Gasteiger partial charge >= 0.3 is 0 Å². The van der Waals surface area contributed by atoms with Gasteiger partial charge in [-0.05, 0) is 25.9 Å².